The maximum absolute atomic E-state index is 12.3. The Bertz CT molecular complexity index is 648. The lowest BCUT2D eigenvalue weighted by atomic mass is 10.2. The molecule has 1 saturated heterocycles. The molecule has 0 bridgehead atoms. The summed E-state index contributed by atoms with van der Waals surface area (Å²) in [5.74, 6) is -0.0876. The van der Waals surface area contributed by atoms with Crippen molar-refractivity contribution in [3.05, 3.63) is 29.8 Å². The van der Waals surface area contributed by atoms with Gasteiger partial charge in [-0.15, -0.1) is 12.4 Å². The Hall–Kier alpha value is -1.11. The van der Waals surface area contributed by atoms with Gasteiger partial charge in [0.1, 0.15) is 0 Å². The van der Waals surface area contributed by atoms with E-state index in [1.165, 1.54) is 0 Å². The fraction of sp³-hybridized carbons (Fsp3) is 0.562. The molecule has 0 aliphatic carbocycles. The number of rotatable bonds is 4. The summed E-state index contributed by atoms with van der Waals surface area (Å²) in [5, 5.41) is 5.99. The molecule has 130 valence electrons. The van der Waals surface area contributed by atoms with E-state index in [1.807, 2.05) is 0 Å². The lowest BCUT2D eigenvalue weighted by Gasteiger charge is -2.19. The number of nitrogens with one attached hydrogen (secondary N) is 2. The summed E-state index contributed by atoms with van der Waals surface area (Å²) in [6.07, 6.45) is 1.84. The predicted octanol–water partition coefficient (Wildman–Crippen LogP) is 2.51. The van der Waals surface area contributed by atoms with Crippen LogP contribution in [0.25, 0.3) is 0 Å². The first-order valence-corrected chi connectivity index (χ1v) is 9.20. The smallest absolute Gasteiger partial charge is 0.241 e. The standard InChI is InChI=1S/C16H24N2O3S.ClH/c1-16(2,3)22(20,21)11-12-6-4-7-13(10-12)18-15(19)14-8-5-9-17-14;/h4,6-7,10,14,17H,5,8-9,11H2,1-3H3,(H,18,19);1H. The van der Waals surface area contributed by atoms with E-state index in [-0.39, 0.29) is 30.1 Å². The molecule has 1 aromatic rings. The van der Waals surface area contributed by atoms with Gasteiger partial charge in [0.15, 0.2) is 9.84 Å². The molecule has 1 amide bonds. The summed E-state index contributed by atoms with van der Waals surface area (Å²) in [6.45, 7) is 5.95. The van der Waals surface area contributed by atoms with Gasteiger partial charge in [0.25, 0.3) is 0 Å². The molecule has 1 atom stereocenters. The van der Waals surface area contributed by atoms with E-state index in [0.29, 0.717) is 11.3 Å². The minimum atomic E-state index is -3.24. The first-order chi connectivity index (χ1) is 10.2. The molecule has 2 N–H and O–H groups in total. The summed E-state index contributed by atoms with van der Waals surface area (Å²) in [4.78, 5) is 12.1. The number of benzene rings is 1. The highest BCUT2D eigenvalue weighted by Gasteiger charge is 2.29. The predicted molar refractivity (Wildman–Crippen MR) is 95.7 cm³/mol. The van der Waals surface area contributed by atoms with Gasteiger partial charge in [-0.05, 0) is 57.9 Å². The molecule has 2 rings (SSSR count). The Kier molecular flexibility index (Phi) is 6.62. The van der Waals surface area contributed by atoms with Crippen molar-refractivity contribution < 1.29 is 13.2 Å². The van der Waals surface area contributed by atoms with E-state index >= 15 is 0 Å². The molecule has 7 heteroatoms. The van der Waals surface area contributed by atoms with Crippen molar-refractivity contribution in [2.45, 2.75) is 50.2 Å². The molecule has 0 saturated carbocycles. The lowest BCUT2D eigenvalue weighted by molar-refractivity contribution is -0.117. The van der Waals surface area contributed by atoms with Gasteiger partial charge in [-0.3, -0.25) is 4.79 Å². The highest BCUT2D eigenvalue weighted by molar-refractivity contribution is 7.91. The molecule has 1 fully saturated rings. The van der Waals surface area contributed by atoms with Crippen LogP contribution >= 0.6 is 12.4 Å². The number of hydrogen-bond donors (Lipinski definition) is 2. The van der Waals surface area contributed by atoms with E-state index in [4.69, 9.17) is 0 Å². The Labute approximate surface area is 144 Å². The van der Waals surface area contributed by atoms with Crippen molar-refractivity contribution in [3.63, 3.8) is 0 Å². The van der Waals surface area contributed by atoms with Crippen LogP contribution in [-0.4, -0.2) is 31.7 Å². The second kappa shape index (κ2) is 7.64. The van der Waals surface area contributed by atoms with Gasteiger partial charge in [-0.2, -0.15) is 0 Å². The molecular formula is C16H25ClN2O3S. The first-order valence-electron chi connectivity index (χ1n) is 7.54. The molecule has 5 nitrogen and oxygen atoms in total. The number of carbonyl (C=O) groups excluding carboxylic acids is 1. The van der Waals surface area contributed by atoms with Crippen LogP contribution in [0.1, 0.15) is 39.2 Å². The van der Waals surface area contributed by atoms with Crippen LogP contribution < -0.4 is 10.6 Å². The second-order valence-electron chi connectivity index (χ2n) is 6.71. The second-order valence-corrected chi connectivity index (χ2v) is 9.45. The van der Waals surface area contributed by atoms with Gasteiger partial charge in [-0.25, -0.2) is 8.42 Å². The highest BCUT2D eigenvalue weighted by Crippen LogP contribution is 2.22. The molecule has 1 unspecified atom stereocenters. The third-order valence-corrected chi connectivity index (χ3v) is 6.44. The normalized spacial score (nSPS) is 18.3. The van der Waals surface area contributed by atoms with Gasteiger partial charge in [0.2, 0.25) is 5.91 Å². The van der Waals surface area contributed by atoms with Gasteiger partial charge >= 0.3 is 0 Å². The number of sulfone groups is 1. The van der Waals surface area contributed by atoms with Crippen molar-refractivity contribution in [3.8, 4) is 0 Å². The molecular weight excluding hydrogens is 336 g/mol. The molecule has 1 heterocycles. The zero-order chi connectivity index (χ0) is 16.4. The maximum atomic E-state index is 12.3. The number of halogens is 1. The fourth-order valence-electron chi connectivity index (χ4n) is 2.31. The largest absolute Gasteiger partial charge is 0.325 e. The average molecular weight is 361 g/mol. The number of carbonyl (C=O) groups is 1. The summed E-state index contributed by atoms with van der Waals surface area (Å²) >= 11 is 0. The van der Waals surface area contributed by atoms with E-state index in [9.17, 15) is 13.2 Å². The van der Waals surface area contributed by atoms with Gasteiger partial charge < -0.3 is 10.6 Å². The Morgan fingerprint density at radius 3 is 2.61 bits per heavy atom. The Morgan fingerprint density at radius 2 is 2.04 bits per heavy atom. The Morgan fingerprint density at radius 1 is 1.35 bits per heavy atom. The van der Waals surface area contributed by atoms with E-state index in [0.717, 1.165) is 19.4 Å². The van der Waals surface area contributed by atoms with Crippen LogP contribution in [0.3, 0.4) is 0 Å². The molecule has 1 aliphatic heterocycles. The summed E-state index contributed by atoms with van der Waals surface area (Å²) < 4.78 is 23.7. The van der Waals surface area contributed by atoms with Gasteiger partial charge in [-0.1, -0.05) is 12.1 Å². The highest BCUT2D eigenvalue weighted by atomic mass is 35.5. The molecule has 23 heavy (non-hydrogen) atoms. The third kappa shape index (κ3) is 5.19. The molecule has 0 spiro atoms. The van der Waals surface area contributed by atoms with E-state index in [1.54, 1.807) is 45.0 Å². The van der Waals surface area contributed by atoms with Crippen LogP contribution in [0.2, 0.25) is 0 Å². The maximum Gasteiger partial charge on any atom is 0.241 e. The summed E-state index contributed by atoms with van der Waals surface area (Å²) in [6, 6.07) is 6.90. The summed E-state index contributed by atoms with van der Waals surface area (Å²) in [7, 11) is -3.24. The first kappa shape index (κ1) is 19.9. The van der Waals surface area contributed by atoms with Crippen molar-refractivity contribution in [1.29, 1.82) is 0 Å². The van der Waals surface area contributed by atoms with Gasteiger partial charge in [0, 0.05) is 5.69 Å². The van der Waals surface area contributed by atoms with Crippen molar-refractivity contribution in [2.75, 3.05) is 11.9 Å². The monoisotopic (exact) mass is 360 g/mol. The van der Waals surface area contributed by atoms with Crippen molar-refractivity contribution in [2.24, 2.45) is 0 Å². The topological polar surface area (TPSA) is 75.3 Å². The van der Waals surface area contributed by atoms with Crippen LogP contribution in [0.4, 0.5) is 5.69 Å². The van der Waals surface area contributed by atoms with Crippen LogP contribution in [0, 0.1) is 0 Å². The minimum Gasteiger partial charge on any atom is -0.325 e. The van der Waals surface area contributed by atoms with Crippen molar-refractivity contribution in [1.82, 2.24) is 5.32 Å². The zero-order valence-corrected chi connectivity index (χ0v) is 15.4. The molecule has 1 aliphatic rings. The quantitative estimate of drug-likeness (QED) is 0.865. The number of hydrogen-bond acceptors (Lipinski definition) is 4. The SMILES string of the molecule is CC(C)(C)S(=O)(=O)Cc1cccc(NC(=O)C2CCCN2)c1.Cl. The van der Waals surface area contributed by atoms with Crippen molar-refractivity contribution >= 4 is 33.8 Å². The molecule has 0 radical (unpaired) electrons. The number of anilines is 1. The average Bonchev–Trinajstić information content (AvgIpc) is 2.91. The minimum absolute atomic E-state index is 0. The van der Waals surface area contributed by atoms with Gasteiger partial charge in [0.05, 0.1) is 16.5 Å². The molecule has 1 aromatic carbocycles. The Balaban J connectivity index is 0.00000264. The zero-order valence-electron chi connectivity index (χ0n) is 13.8. The number of amides is 1. The lowest BCUT2D eigenvalue weighted by Crippen LogP contribution is -2.35. The fourth-order valence-corrected chi connectivity index (χ4v) is 3.36. The van der Waals surface area contributed by atoms with E-state index < -0.39 is 14.6 Å². The third-order valence-electron chi connectivity index (χ3n) is 3.86. The van der Waals surface area contributed by atoms with Crippen LogP contribution in [-0.2, 0) is 20.4 Å². The van der Waals surface area contributed by atoms with E-state index in [2.05, 4.69) is 10.6 Å². The molecule has 0 aromatic heterocycles. The summed E-state index contributed by atoms with van der Waals surface area (Å²) in [5.41, 5.74) is 1.33. The van der Waals surface area contributed by atoms with Crippen LogP contribution in [0.15, 0.2) is 24.3 Å². The van der Waals surface area contributed by atoms with Crippen LogP contribution in [0.5, 0.6) is 0 Å².